The van der Waals surface area contributed by atoms with Crippen LogP contribution in [0.5, 0.6) is 0 Å². The molecule has 2 aliphatic carbocycles. The summed E-state index contributed by atoms with van der Waals surface area (Å²) in [4.78, 5) is 0. The van der Waals surface area contributed by atoms with Crippen LogP contribution in [-0.4, -0.2) is 12.2 Å². The minimum atomic E-state index is 0.233. The van der Waals surface area contributed by atoms with Crippen molar-refractivity contribution in [3.05, 3.63) is 11.6 Å². The van der Waals surface area contributed by atoms with Crippen LogP contribution in [0.15, 0.2) is 11.6 Å². The fourth-order valence-corrected chi connectivity index (χ4v) is 4.76. The Balaban J connectivity index is 1.99. The molecule has 90 valence electrons. The zero-order valence-electron chi connectivity index (χ0n) is 10.8. The number of allylic oxidation sites excluding steroid dienone is 1. The van der Waals surface area contributed by atoms with Gasteiger partial charge in [-0.2, -0.15) is 0 Å². The second-order valence-electron chi connectivity index (χ2n) is 6.35. The Labute approximate surface area is 99.3 Å². The van der Waals surface area contributed by atoms with Gasteiger partial charge >= 0.3 is 0 Å². The Morgan fingerprint density at radius 3 is 2.62 bits per heavy atom. The van der Waals surface area contributed by atoms with Gasteiger partial charge in [0.15, 0.2) is 0 Å². The van der Waals surface area contributed by atoms with Crippen LogP contribution in [-0.2, 0) is 4.74 Å². The van der Waals surface area contributed by atoms with E-state index in [0.29, 0.717) is 11.8 Å². The van der Waals surface area contributed by atoms with Crippen molar-refractivity contribution >= 4 is 0 Å². The van der Waals surface area contributed by atoms with Crippen LogP contribution in [0.2, 0.25) is 0 Å². The van der Waals surface area contributed by atoms with E-state index in [1.54, 1.807) is 5.57 Å². The maximum Gasteiger partial charge on any atom is 0.0750 e. The molecule has 0 amide bonds. The molecule has 0 N–H and O–H groups in total. The minimum absolute atomic E-state index is 0.233. The number of hydrogen-bond acceptors (Lipinski definition) is 1. The van der Waals surface area contributed by atoms with Gasteiger partial charge in [0.2, 0.25) is 0 Å². The molecule has 1 spiro atoms. The molecule has 1 saturated carbocycles. The molecule has 1 heteroatoms. The van der Waals surface area contributed by atoms with E-state index in [4.69, 9.17) is 4.74 Å². The van der Waals surface area contributed by atoms with Crippen molar-refractivity contribution in [1.82, 2.24) is 0 Å². The average molecular weight is 220 g/mol. The summed E-state index contributed by atoms with van der Waals surface area (Å²) < 4.78 is 6.36. The van der Waals surface area contributed by atoms with Gasteiger partial charge in [0.1, 0.15) is 0 Å². The van der Waals surface area contributed by atoms with Gasteiger partial charge in [0.05, 0.1) is 12.2 Å². The second-order valence-corrected chi connectivity index (χ2v) is 6.35. The quantitative estimate of drug-likeness (QED) is 0.564. The first-order valence-corrected chi connectivity index (χ1v) is 6.96. The molecule has 0 aromatic heterocycles. The molecule has 1 nitrogen and oxygen atoms in total. The Bertz CT molecular complexity index is 311. The SMILES string of the molecule is CC1=CC(C)C2COC3(CCCC3)C1C2C. The smallest absolute Gasteiger partial charge is 0.0750 e. The zero-order valence-corrected chi connectivity index (χ0v) is 10.8. The van der Waals surface area contributed by atoms with Gasteiger partial charge in [0.25, 0.3) is 0 Å². The van der Waals surface area contributed by atoms with Crippen LogP contribution < -0.4 is 0 Å². The highest BCUT2D eigenvalue weighted by Gasteiger charge is 2.52. The minimum Gasteiger partial charge on any atom is -0.374 e. The van der Waals surface area contributed by atoms with Gasteiger partial charge in [-0.15, -0.1) is 0 Å². The third-order valence-electron chi connectivity index (χ3n) is 5.47. The molecule has 0 radical (unpaired) electrons. The van der Waals surface area contributed by atoms with E-state index >= 15 is 0 Å². The highest BCUT2D eigenvalue weighted by atomic mass is 16.5. The van der Waals surface area contributed by atoms with Crippen LogP contribution in [0.4, 0.5) is 0 Å². The Morgan fingerprint density at radius 1 is 1.25 bits per heavy atom. The van der Waals surface area contributed by atoms with Gasteiger partial charge < -0.3 is 4.74 Å². The summed E-state index contributed by atoms with van der Waals surface area (Å²) in [5, 5.41) is 0. The maximum absolute atomic E-state index is 6.36. The zero-order chi connectivity index (χ0) is 11.3. The lowest BCUT2D eigenvalue weighted by molar-refractivity contribution is -0.160. The monoisotopic (exact) mass is 220 g/mol. The van der Waals surface area contributed by atoms with Gasteiger partial charge in [0, 0.05) is 5.92 Å². The fraction of sp³-hybridized carbons (Fsp3) is 0.867. The van der Waals surface area contributed by atoms with Gasteiger partial charge in [-0.3, -0.25) is 0 Å². The molecular weight excluding hydrogens is 196 g/mol. The summed E-state index contributed by atoms with van der Waals surface area (Å²) >= 11 is 0. The van der Waals surface area contributed by atoms with Crippen molar-refractivity contribution < 1.29 is 4.74 Å². The molecule has 4 atom stereocenters. The molecule has 2 fully saturated rings. The number of rotatable bonds is 0. The standard InChI is InChI=1S/C15H24O/c1-10-8-11(2)14-12(3)13(10)9-16-15(14)6-4-5-7-15/h8,10,12-14H,4-7,9H2,1-3H3. The molecule has 2 bridgehead atoms. The van der Waals surface area contributed by atoms with E-state index in [0.717, 1.165) is 18.4 Å². The molecule has 4 unspecified atom stereocenters. The third-order valence-corrected chi connectivity index (χ3v) is 5.47. The van der Waals surface area contributed by atoms with Crippen LogP contribution in [0.3, 0.4) is 0 Å². The second kappa shape index (κ2) is 3.60. The van der Waals surface area contributed by atoms with Crippen molar-refractivity contribution in [3.8, 4) is 0 Å². The van der Waals surface area contributed by atoms with Gasteiger partial charge in [-0.05, 0) is 37.5 Å². The average Bonchev–Trinajstić information content (AvgIpc) is 2.65. The molecule has 3 rings (SSSR count). The van der Waals surface area contributed by atoms with Crippen LogP contribution in [0.1, 0.15) is 46.5 Å². The largest absolute Gasteiger partial charge is 0.374 e. The predicted molar refractivity (Wildman–Crippen MR) is 66.2 cm³/mol. The van der Waals surface area contributed by atoms with Crippen LogP contribution in [0.25, 0.3) is 0 Å². The van der Waals surface area contributed by atoms with Crippen molar-refractivity contribution in [2.45, 2.75) is 52.1 Å². The highest BCUT2D eigenvalue weighted by molar-refractivity contribution is 5.21. The predicted octanol–water partition coefficient (Wildman–Crippen LogP) is 3.79. The molecule has 1 aliphatic heterocycles. The summed E-state index contributed by atoms with van der Waals surface area (Å²) in [5.41, 5.74) is 1.84. The van der Waals surface area contributed by atoms with Crippen molar-refractivity contribution in [1.29, 1.82) is 0 Å². The van der Waals surface area contributed by atoms with Gasteiger partial charge in [-0.25, -0.2) is 0 Å². The van der Waals surface area contributed by atoms with E-state index in [9.17, 15) is 0 Å². The van der Waals surface area contributed by atoms with E-state index < -0.39 is 0 Å². The Kier molecular flexibility index (Phi) is 2.43. The first-order chi connectivity index (χ1) is 7.64. The Morgan fingerprint density at radius 2 is 1.94 bits per heavy atom. The number of hydrogen-bond donors (Lipinski definition) is 0. The maximum atomic E-state index is 6.36. The first kappa shape index (κ1) is 10.8. The fourth-order valence-electron chi connectivity index (χ4n) is 4.76. The summed E-state index contributed by atoms with van der Waals surface area (Å²) in [5.74, 6) is 3.02. The van der Waals surface area contributed by atoms with E-state index in [1.807, 2.05) is 0 Å². The summed E-state index contributed by atoms with van der Waals surface area (Å²) in [6.45, 7) is 8.16. The molecule has 1 heterocycles. The molecule has 0 aromatic carbocycles. The van der Waals surface area contributed by atoms with E-state index in [-0.39, 0.29) is 5.60 Å². The van der Waals surface area contributed by atoms with Crippen molar-refractivity contribution in [2.24, 2.45) is 23.7 Å². The number of ether oxygens (including phenoxy) is 1. The molecular formula is C15H24O. The summed E-state index contributed by atoms with van der Waals surface area (Å²) in [7, 11) is 0. The lowest BCUT2D eigenvalue weighted by Gasteiger charge is -2.53. The number of fused-ring (bicyclic) bond motifs is 3. The first-order valence-electron chi connectivity index (χ1n) is 6.96. The van der Waals surface area contributed by atoms with E-state index in [2.05, 4.69) is 26.8 Å². The van der Waals surface area contributed by atoms with Gasteiger partial charge in [-0.1, -0.05) is 38.3 Å². The van der Waals surface area contributed by atoms with E-state index in [1.165, 1.54) is 25.7 Å². The van der Waals surface area contributed by atoms with Crippen molar-refractivity contribution in [3.63, 3.8) is 0 Å². The van der Waals surface area contributed by atoms with Crippen molar-refractivity contribution in [2.75, 3.05) is 6.61 Å². The molecule has 3 aliphatic rings. The topological polar surface area (TPSA) is 9.23 Å². The van der Waals surface area contributed by atoms with Crippen LogP contribution in [0, 0.1) is 23.7 Å². The van der Waals surface area contributed by atoms with Crippen LogP contribution >= 0.6 is 0 Å². The summed E-state index contributed by atoms with van der Waals surface area (Å²) in [6.07, 6.45) is 7.87. The molecule has 0 aromatic rings. The lowest BCUT2D eigenvalue weighted by Crippen LogP contribution is -2.53. The Hall–Kier alpha value is -0.300. The highest BCUT2D eigenvalue weighted by Crippen LogP contribution is 2.54. The molecule has 16 heavy (non-hydrogen) atoms. The molecule has 1 saturated heterocycles. The lowest BCUT2D eigenvalue weighted by atomic mass is 9.61. The summed E-state index contributed by atoms with van der Waals surface area (Å²) in [6, 6.07) is 0. The normalized spacial score (nSPS) is 45.8. The third kappa shape index (κ3) is 1.33.